The molecule has 2 N–H and O–H groups in total. The molecule has 3 rings (SSSR count). The molecule has 4 nitrogen and oxygen atoms in total. The van der Waals surface area contributed by atoms with Gasteiger partial charge in [0.25, 0.3) is 0 Å². The van der Waals surface area contributed by atoms with Crippen molar-refractivity contribution in [3.05, 3.63) is 95.0 Å². The fourth-order valence-corrected chi connectivity index (χ4v) is 3.30. The van der Waals surface area contributed by atoms with Crippen LogP contribution in [0.25, 0.3) is 0 Å². The molecule has 148 valence electrons. The van der Waals surface area contributed by atoms with Crippen molar-refractivity contribution >= 4 is 34.8 Å². The van der Waals surface area contributed by atoms with E-state index in [-0.39, 0.29) is 24.2 Å². The number of carbonyl (C=O) groups is 2. The SMILES string of the molecule is CCC(=O)Nc1ccc(Cl)c(NC(=O)CC(c2ccccc2)c2ccccc2)c1. The highest BCUT2D eigenvalue weighted by Gasteiger charge is 2.19. The third kappa shape index (κ3) is 5.69. The Hall–Kier alpha value is -3.11. The summed E-state index contributed by atoms with van der Waals surface area (Å²) in [5.74, 6) is -0.319. The number of nitrogens with one attached hydrogen (secondary N) is 2. The van der Waals surface area contributed by atoms with Crippen LogP contribution in [0.15, 0.2) is 78.9 Å². The van der Waals surface area contributed by atoms with Crippen LogP contribution in [-0.2, 0) is 9.59 Å². The molecule has 0 aliphatic rings. The minimum atomic E-state index is -0.149. The number of rotatable bonds is 7. The fourth-order valence-electron chi connectivity index (χ4n) is 3.13. The van der Waals surface area contributed by atoms with Crippen LogP contribution in [0.4, 0.5) is 11.4 Å². The molecule has 0 heterocycles. The second kappa shape index (κ2) is 9.89. The van der Waals surface area contributed by atoms with Crippen molar-refractivity contribution in [3.8, 4) is 0 Å². The maximum Gasteiger partial charge on any atom is 0.225 e. The first-order valence-corrected chi connectivity index (χ1v) is 9.93. The summed E-state index contributed by atoms with van der Waals surface area (Å²) in [6, 6.07) is 25.0. The van der Waals surface area contributed by atoms with Gasteiger partial charge in [0, 0.05) is 24.4 Å². The topological polar surface area (TPSA) is 58.2 Å². The molecule has 29 heavy (non-hydrogen) atoms. The van der Waals surface area contributed by atoms with Crippen LogP contribution in [0.5, 0.6) is 0 Å². The predicted octanol–water partition coefficient (Wildman–Crippen LogP) is 5.85. The van der Waals surface area contributed by atoms with Crippen molar-refractivity contribution in [2.75, 3.05) is 10.6 Å². The summed E-state index contributed by atoms with van der Waals surface area (Å²) in [6.07, 6.45) is 0.649. The molecule has 0 bridgehead atoms. The minimum absolute atomic E-state index is 0.0702. The summed E-state index contributed by atoms with van der Waals surface area (Å²) < 4.78 is 0. The number of hydrogen-bond acceptors (Lipinski definition) is 2. The average molecular weight is 407 g/mol. The van der Waals surface area contributed by atoms with Crippen LogP contribution >= 0.6 is 11.6 Å². The Kier molecular flexibility index (Phi) is 7.04. The van der Waals surface area contributed by atoms with Gasteiger partial charge in [-0.15, -0.1) is 0 Å². The highest BCUT2D eigenvalue weighted by Crippen LogP contribution is 2.30. The van der Waals surface area contributed by atoms with Crippen molar-refractivity contribution in [2.24, 2.45) is 0 Å². The van der Waals surface area contributed by atoms with Gasteiger partial charge >= 0.3 is 0 Å². The van der Waals surface area contributed by atoms with E-state index < -0.39 is 0 Å². The van der Waals surface area contributed by atoms with Crippen molar-refractivity contribution in [2.45, 2.75) is 25.7 Å². The van der Waals surface area contributed by atoms with Gasteiger partial charge in [0.15, 0.2) is 0 Å². The third-order valence-electron chi connectivity index (χ3n) is 4.64. The van der Waals surface area contributed by atoms with E-state index in [4.69, 9.17) is 11.6 Å². The monoisotopic (exact) mass is 406 g/mol. The lowest BCUT2D eigenvalue weighted by Crippen LogP contribution is -2.17. The summed E-state index contributed by atoms with van der Waals surface area (Å²) in [4.78, 5) is 24.5. The molecule has 0 radical (unpaired) electrons. The van der Waals surface area contributed by atoms with Crippen LogP contribution < -0.4 is 10.6 Å². The van der Waals surface area contributed by atoms with Crippen LogP contribution in [-0.4, -0.2) is 11.8 Å². The molecule has 0 aliphatic carbocycles. The number of halogens is 1. The molecule has 5 heteroatoms. The quantitative estimate of drug-likeness (QED) is 0.517. The predicted molar refractivity (Wildman–Crippen MR) is 118 cm³/mol. The first-order valence-electron chi connectivity index (χ1n) is 9.56. The average Bonchev–Trinajstić information content (AvgIpc) is 2.75. The zero-order chi connectivity index (χ0) is 20.6. The molecule has 0 aromatic heterocycles. The van der Waals surface area contributed by atoms with Gasteiger partial charge in [-0.05, 0) is 29.3 Å². The van der Waals surface area contributed by atoms with Crippen molar-refractivity contribution in [1.82, 2.24) is 0 Å². The van der Waals surface area contributed by atoms with E-state index in [1.165, 1.54) is 0 Å². The molecule has 0 spiro atoms. The molecule has 0 unspecified atom stereocenters. The van der Waals surface area contributed by atoms with Crippen LogP contribution in [0, 0.1) is 0 Å². The Morgan fingerprint density at radius 1 is 0.828 bits per heavy atom. The summed E-state index contributed by atoms with van der Waals surface area (Å²) in [7, 11) is 0. The first kappa shape index (κ1) is 20.6. The molecule has 0 saturated heterocycles. The van der Waals surface area contributed by atoms with Gasteiger partial charge in [0.05, 0.1) is 10.7 Å². The smallest absolute Gasteiger partial charge is 0.225 e. The van der Waals surface area contributed by atoms with Gasteiger partial charge < -0.3 is 10.6 Å². The Bertz CT molecular complexity index is 935. The second-order valence-electron chi connectivity index (χ2n) is 6.72. The second-order valence-corrected chi connectivity index (χ2v) is 7.13. The number of benzene rings is 3. The largest absolute Gasteiger partial charge is 0.326 e. The molecular formula is C24H23ClN2O2. The maximum atomic E-state index is 12.9. The highest BCUT2D eigenvalue weighted by atomic mass is 35.5. The lowest BCUT2D eigenvalue weighted by atomic mass is 9.88. The normalized spacial score (nSPS) is 10.6. The van der Waals surface area contributed by atoms with E-state index in [9.17, 15) is 9.59 Å². The summed E-state index contributed by atoms with van der Waals surface area (Å²) in [6.45, 7) is 1.78. The highest BCUT2D eigenvalue weighted by molar-refractivity contribution is 6.33. The van der Waals surface area contributed by atoms with Gasteiger partial charge in [0.1, 0.15) is 0 Å². The van der Waals surface area contributed by atoms with Gasteiger partial charge in [-0.3, -0.25) is 9.59 Å². The zero-order valence-electron chi connectivity index (χ0n) is 16.2. The molecule has 0 aliphatic heterocycles. The molecule has 0 fully saturated rings. The van der Waals surface area contributed by atoms with Crippen molar-refractivity contribution < 1.29 is 9.59 Å². The Labute approximate surface area is 175 Å². The lowest BCUT2D eigenvalue weighted by Gasteiger charge is -2.18. The number of amides is 2. The van der Waals surface area contributed by atoms with Gasteiger partial charge in [0.2, 0.25) is 11.8 Å². The van der Waals surface area contributed by atoms with E-state index in [1.807, 2.05) is 60.7 Å². The Balaban J connectivity index is 1.79. The molecule has 0 saturated carbocycles. The van der Waals surface area contributed by atoms with Crippen LogP contribution in [0.2, 0.25) is 5.02 Å². The Morgan fingerprint density at radius 3 is 1.97 bits per heavy atom. The molecular weight excluding hydrogens is 384 g/mol. The Morgan fingerprint density at radius 2 is 1.41 bits per heavy atom. The van der Waals surface area contributed by atoms with E-state index in [0.29, 0.717) is 22.8 Å². The van der Waals surface area contributed by atoms with Crippen LogP contribution in [0.1, 0.15) is 36.8 Å². The van der Waals surface area contributed by atoms with Crippen molar-refractivity contribution in [3.63, 3.8) is 0 Å². The lowest BCUT2D eigenvalue weighted by molar-refractivity contribution is -0.117. The van der Waals surface area contributed by atoms with E-state index in [2.05, 4.69) is 10.6 Å². The molecule has 3 aromatic rings. The molecule has 0 atom stereocenters. The van der Waals surface area contributed by atoms with E-state index >= 15 is 0 Å². The van der Waals surface area contributed by atoms with Gasteiger partial charge in [-0.2, -0.15) is 0 Å². The molecule has 3 aromatic carbocycles. The number of anilines is 2. The van der Waals surface area contributed by atoms with Gasteiger partial charge in [-0.1, -0.05) is 79.2 Å². The standard InChI is InChI=1S/C24H23ClN2O2/c1-2-23(28)26-19-13-14-21(25)22(15-19)27-24(29)16-20(17-9-5-3-6-10-17)18-11-7-4-8-12-18/h3-15,20H,2,16H2,1H3,(H,26,28)(H,27,29). The van der Waals surface area contributed by atoms with E-state index in [1.54, 1.807) is 25.1 Å². The fraction of sp³-hybridized carbons (Fsp3) is 0.167. The number of carbonyl (C=O) groups excluding carboxylic acids is 2. The van der Waals surface area contributed by atoms with Crippen LogP contribution in [0.3, 0.4) is 0 Å². The number of hydrogen-bond donors (Lipinski definition) is 2. The van der Waals surface area contributed by atoms with Crippen molar-refractivity contribution in [1.29, 1.82) is 0 Å². The zero-order valence-corrected chi connectivity index (χ0v) is 16.9. The van der Waals surface area contributed by atoms with Gasteiger partial charge in [-0.25, -0.2) is 0 Å². The first-order chi connectivity index (χ1) is 14.1. The molecule has 2 amide bonds. The van der Waals surface area contributed by atoms with E-state index in [0.717, 1.165) is 11.1 Å². The summed E-state index contributed by atoms with van der Waals surface area (Å²) in [5, 5.41) is 6.09. The summed E-state index contributed by atoms with van der Waals surface area (Å²) >= 11 is 6.25. The summed E-state index contributed by atoms with van der Waals surface area (Å²) in [5.41, 5.74) is 3.22. The third-order valence-corrected chi connectivity index (χ3v) is 4.97. The maximum absolute atomic E-state index is 12.9. The minimum Gasteiger partial charge on any atom is -0.326 e.